The Hall–Kier alpha value is -0.820. The van der Waals surface area contributed by atoms with Gasteiger partial charge in [0.25, 0.3) is 0 Å². The molecule has 0 fully saturated rings. The molecule has 17 heavy (non-hydrogen) atoms. The molecule has 0 radical (unpaired) electrons. The summed E-state index contributed by atoms with van der Waals surface area (Å²) in [5.41, 5.74) is 3.34. The Kier molecular flexibility index (Phi) is 4.37. The van der Waals surface area contributed by atoms with Crippen molar-refractivity contribution in [3.05, 3.63) is 35.4 Å². The van der Waals surface area contributed by atoms with Crippen LogP contribution in [0.2, 0.25) is 0 Å². The molecule has 0 unspecified atom stereocenters. The normalized spacial score (nSPS) is 12.8. The van der Waals surface area contributed by atoms with Gasteiger partial charge in [-0.05, 0) is 43.7 Å². The second kappa shape index (κ2) is 5.22. The first-order valence-corrected chi connectivity index (χ1v) is 6.49. The molecule has 1 rings (SSSR count). The topological polar surface area (TPSA) is 12.0 Å². The first-order chi connectivity index (χ1) is 7.66. The Morgan fingerprint density at radius 1 is 0.824 bits per heavy atom. The lowest BCUT2D eigenvalue weighted by Gasteiger charge is -2.21. The fourth-order valence-corrected chi connectivity index (χ4v) is 1.75. The van der Waals surface area contributed by atoms with Gasteiger partial charge in [-0.3, -0.25) is 0 Å². The van der Waals surface area contributed by atoms with Crippen molar-refractivity contribution >= 4 is 0 Å². The van der Waals surface area contributed by atoms with Gasteiger partial charge in [-0.15, -0.1) is 0 Å². The Labute approximate surface area is 107 Å². The number of hydrogen-bond donors (Lipinski definition) is 1. The summed E-state index contributed by atoms with van der Waals surface area (Å²) in [7, 11) is 0. The predicted molar refractivity (Wildman–Crippen MR) is 76.2 cm³/mol. The fourth-order valence-electron chi connectivity index (χ4n) is 1.75. The van der Waals surface area contributed by atoms with Crippen LogP contribution in [0.1, 0.15) is 52.7 Å². The first kappa shape index (κ1) is 14.2. The lowest BCUT2D eigenvalue weighted by molar-refractivity contribution is 0.411. The molecule has 1 aromatic rings. The van der Waals surface area contributed by atoms with E-state index in [1.165, 1.54) is 11.1 Å². The van der Waals surface area contributed by atoms with Gasteiger partial charge in [0.2, 0.25) is 0 Å². The van der Waals surface area contributed by atoms with Crippen molar-refractivity contribution in [3.8, 4) is 0 Å². The minimum absolute atomic E-state index is 0.185. The summed E-state index contributed by atoms with van der Waals surface area (Å²) >= 11 is 0. The Bertz CT molecular complexity index is 335. The van der Waals surface area contributed by atoms with Gasteiger partial charge in [-0.25, -0.2) is 0 Å². The maximum atomic E-state index is 3.51. The van der Waals surface area contributed by atoms with E-state index >= 15 is 0 Å². The molecule has 0 saturated carbocycles. The summed E-state index contributed by atoms with van der Waals surface area (Å²) in [6.07, 6.45) is 1.14. The van der Waals surface area contributed by atoms with E-state index in [-0.39, 0.29) is 5.54 Å². The average Bonchev–Trinajstić information content (AvgIpc) is 2.13. The van der Waals surface area contributed by atoms with E-state index in [2.05, 4.69) is 71.1 Å². The standard InChI is InChI=1S/C16H27N/c1-15(2,3)11-13-7-9-14(10-8-13)12-17-16(4,5)6/h7-10,17H,11-12H2,1-6H3. The molecule has 0 spiro atoms. The molecule has 0 saturated heterocycles. The minimum Gasteiger partial charge on any atom is -0.308 e. The van der Waals surface area contributed by atoms with Crippen molar-refractivity contribution in [2.24, 2.45) is 5.41 Å². The molecule has 96 valence electrons. The van der Waals surface area contributed by atoms with E-state index in [0.717, 1.165) is 13.0 Å². The molecule has 1 nitrogen and oxygen atoms in total. The third kappa shape index (κ3) is 6.48. The van der Waals surface area contributed by atoms with Gasteiger partial charge < -0.3 is 5.32 Å². The van der Waals surface area contributed by atoms with E-state index in [1.54, 1.807) is 0 Å². The van der Waals surface area contributed by atoms with Crippen LogP contribution in [-0.2, 0) is 13.0 Å². The Balaban J connectivity index is 2.56. The molecule has 0 aliphatic rings. The summed E-state index contributed by atoms with van der Waals surface area (Å²) in [5.74, 6) is 0. The number of rotatable bonds is 3. The highest BCUT2D eigenvalue weighted by Gasteiger charge is 2.11. The van der Waals surface area contributed by atoms with Crippen LogP contribution >= 0.6 is 0 Å². The van der Waals surface area contributed by atoms with Crippen molar-refractivity contribution in [3.63, 3.8) is 0 Å². The summed E-state index contributed by atoms with van der Waals surface area (Å²) in [5, 5.41) is 3.51. The third-order valence-electron chi connectivity index (χ3n) is 2.58. The van der Waals surface area contributed by atoms with Gasteiger partial charge in [-0.1, -0.05) is 45.0 Å². The molecule has 0 atom stereocenters. The second-order valence-corrected chi connectivity index (χ2v) is 7.16. The lowest BCUT2D eigenvalue weighted by Crippen LogP contribution is -2.35. The molecule has 1 aromatic carbocycles. The number of benzene rings is 1. The SMILES string of the molecule is CC(C)(C)Cc1ccc(CNC(C)(C)C)cc1. The van der Waals surface area contributed by atoms with Crippen LogP contribution in [-0.4, -0.2) is 5.54 Å². The number of hydrogen-bond acceptors (Lipinski definition) is 1. The van der Waals surface area contributed by atoms with Crippen LogP contribution in [0.25, 0.3) is 0 Å². The lowest BCUT2D eigenvalue weighted by atomic mass is 9.88. The summed E-state index contributed by atoms with van der Waals surface area (Å²) in [4.78, 5) is 0. The van der Waals surface area contributed by atoms with E-state index in [4.69, 9.17) is 0 Å². The summed E-state index contributed by atoms with van der Waals surface area (Å²) in [6.45, 7) is 14.4. The molecule has 0 aromatic heterocycles. The zero-order chi connectivity index (χ0) is 13.1. The van der Waals surface area contributed by atoms with Gasteiger partial charge in [-0.2, -0.15) is 0 Å². The molecule has 0 aliphatic carbocycles. The molecule has 0 heterocycles. The highest BCUT2D eigenvalue weighted by Crippen LogP contribution is 2.20. The van der Waals surface area contributed by atoms with Crippen LogP contribution < -0.4 is 5.32 Å². The van der Waals surface area contributed by atoms with E-state index < -0.39 is 0 Å². The minimum atomic E-state index is 0.185. The summed E-state index contributed by atoms with van der Waals surface area (Å²) in [6, 6.07) is 8.98. The largest absolute Gasteiger partial charge is 0.308 e. The molecule has 0 bridgehead atoms. The predicted octanol–water partition coefficient (Wildman–Crippen LogP) is 4.16. The fraction of sp³-hybridized carbons (Fsp3) is 0.625. The van der Waals surface area contributed by atoms with Crippen molar-refractivity contribution in [2.75, 3.05) is 0 Å². The van der Waals surface area contributed by atoms with Crippen LogP contribution in [0, 0.1) is 5.41 Å². The highest BCUT2D eigenvalue weighted by atomic mass is 14.9. The van der Waals surface area contributed by atoms with Crippen LogP contribution in [0.5, 0.6) is 0 Å². The molecule has 1 heteroatoms. The van der Waals surface area contributed by atoms with Crippen LogP contribution in [0.15, 0.2) is 24.3 Å². The molecular formula is C16H27N. The molecule has 0 aliphatic heterocycles. The number of nitrogens with one attached hydrogen (secondary N) is 1. The zero-order valence-corrected chi connectivity index (χ0v) is 12.2. The van der Waals surface area contributed by atoms with Gasteiger partial charge in [0.15, 0.2) is 0 Å². The van der Waals surface area contributed by atoms with Crippen molar-refractivity contribution < 1.29 is 0 Å². The monoisotopic (exact) mass is 233 g/mol. The van der Waals surface area contributed by atoms with E-state index in [1.807, 2.05) is 0 Å². The van der Waals surface area contributed by atoms with E-state index in [9.17, 15) is 0 Å². The van der Waals surface area contributed by atoms with Crippen molar-refractivity contribution in [1.29, 1.82) is 0 Å². The summed E-state index contributed by atoms with van der Waals surface area (Å²) < 4.78 is 0. The molecule has 0 amide bonds. The second-order valence-electron chi connectivity index (χ2n) is 7.16. The van der Waals surface area contributed by atoms with Gasteiger partial charge in [0.05, 0.1) is 0 Å². The molecular weight excluding hydrogens is 206 g/mol. The quantitative estimate of drug-likeness (QED) is 0.826. The van der Waals surface area contributed by atoms with Crippen LogP contribution in [0.4, 0.5) is 0 Å². The first-order valence-electron chi connectivity index (χ1n) is 6.49. The highest BCUT2D eigenvalue weighted by molar-refractivity contribution is 5.23. The van der Waals surface area contributed by atoms with E-state index in [0.29, 0.717) is 5.41 Å². The Morgan fingerprint density at radius 3 is 1.71 bits per heavy atom. The van der Waals surface area contributed by atoms with Gasteiger partial charge in [0, 0.05) is 12.1 Å². The zero-order valence-electron chi connectivity index (χ0n) is 12.2. The molecule has 1 N–H and O–H groups in total. The maximum absolute atomic E-state index is 3.51. The smallest absolute Gasteiger partial charge is 0.0210 e. The average molecular weight is 233 g/mol. The van der Waals surface area contributed by atoms with Gasteiger partial charge in [0.1, 0.15) is 0 Å². The van der Waals surface area contributed by atoms with Crippen LogP contribution in [0.3, 0.4) is 0 Å². The Morgan fingerprint density at radius 2 is 1.29 bits per heavy atom. The third-order valence-corrected chi connectivity index (χ3v) is 2.58. The van der Waals surface area contributed by atoms with Crippen molar-refractivity contribution in [2.45, 2.75) is 60.0 Å². The maximum Gasteiger partial charge on any atom is 0.0210 e. The van der Waals surface area contributed by atoms with Gasteiger partial charge >= 0.3 is 0 Å². The van der Waals surface area contributed by atoms with Crippen molar-refractivity contribution in [1.82, 2.24) is 5.32 Å².